The van der Waals surface area contributed by atoms with Gasteiger partial charge in [0.15, 0.2) is 0 Å². The van der Waals surface area contributed by atoms with Gasteiger partial charge in [0.2, 0.25) is 0 Å². The molecule has 0 saturated heterocycles. The van der Waals surface area contributed by atoms with Gasteiger partial charge in [-0.2, -0.15) is 0 Å². The molecule has 0 atom stereocenters. The normalized spacial score (nSPS) is 11.2. The van der Waals surface area contributed by atoms with E-state index in [1.807, 2.05) is 39.8 Å². The van der Waals surface area contributed by atoms with Crippen LogP contribution in [0.4, 0.5) is 0 Å². The highest BCUT2D eigenvalue weighted by molar-refractivity contribution is 5.92. The highest BCUT2D eigenvalue weighted by Crippen LogP contribution is 2.38. The maximum Gasteiger partial charge on any atom is 0.355 e. The highest BCUT2D eigenvalue weighted by atomic mass is 16.5. The minimum atomic E-state index is -0.262. The van der Waals surface area contributed by atoms with E-state index in [1.165, 1.54) is 16.7 Å². The lowest BCUT2D eigenvalue weighted by Gasteiger charge is -2.03. The molecule has 0 spiro atoms. The van der Waals surface area contributed by atoms with Crippen molar-refractivity contribution in [2.24, 2.45) is 0 Å². The van der Waals surface area contributed by atoms with Gasteiger partial charge in [0.05, 0.1) is 12.3 Å². The Morgan fingerprint density at radius 3 is 2.70 bits per heavy atom. The van der Waals surface area contributed by atoms with Crippen molar-refractivity contribution in [1.29, 1.82) is 0 Å². The van der Waals surface area contributed by atoms with Crippen LogP contribution in [0.2, 0.25) is 0 Å². The number of rotatable bonds is 2. The molecule has 0 radical (unpaired) electrons. The first-order chi connectivity index (χ1) is 9.72. The fourth-order valence-corrected chi connectivity index (χ4v) is 2.60. The van der Waals surface area contributed by atoms with Crippen LogP contribution in [0.3, 0.4) is 0 Å². The standard InChI is InChI=1S/C15H15NO2.C2H6/c1-3-18-15(17)13-9(2)12-8-10-6-4-5-7-11(10)14(12)16-13;1-2/h4-7,16H,3,8H2,1-2H3;1-2H3. The first-order valence-electron chi connectivity index (χ1n) is 7.19. The number of nitrogens with one attached hydrogen (secondary N) is 1. The average molecular weight is 271 g/mol. The maximum atomic E-state index is 11.8. The summed E-state index contributed by atoms with van der Waals surface area (Å²) < 4.78 is 5.06. The summed E-state index contributed by atoms with van der Waals surface area (Å²) in [6.07, 6.45) is 0.896. The number of esters is 1. The number of H-pyrrole nitrogens is 1. The van der Waals surface area contributed by atoms with Crippen LogP contribution >= 0.6 is 0 Å². The zero-order valence-electron chi connectivity index (χ0n) is 12.5. The van der Waals surface area contributed by atoms with Crippen LogP contribution < -0.4 is 0 Å². The molecule has 0 amide bonds. The van der Waals surface area contributed by atoms with Gasteiger partial charge >= 0.3 is 5.97 Å². The Kier molecular flexibility index (Phi) is 4.28. The molecule has 0 aliphatic heterocycles. The Morgan fingerprint density at radius 1 is 1.30 bits per heavy atom. The third-order valence-corrected chi connectivity index (χ3v) is 3.51. The van der Waals surface area contributed by atoms with E-state index in [1.54, 1.807) is 0 Å². The fourth-order valence-electron chi connectivity index (χ4n) is 2.60. The van der Waals surface area contributed by atoms with Gasteiger partial charge in [0.1, 0.15) is 5.69 Å². The van der Waals surface area contributed by atoms with E-state index in [9.17, 15) is 4.79 Å². The van der Waals surface area contributed by atoms with Crippen LogP contribution in [-0.2, 0) is 11.2 Å². The molecule has 106 valence electrons. The molecule has 0 bridgehead atoms. The van der Waals surface area contributed by atoms with E-state index < -0.39 is 0 Å². The number of hydrogen-bond acceptors (Lipinski definition) is 2. The van der Waals surface area contributed by atoms with Gasteiger partial charge in [-0.25, -0.2) is 4.79 Å². The van der Waals surface area contributed by atoms with E-state index in [-0.39, 0.29) is 5.97 Å². The van der Waals surface area contributed by atoms with Crippen molar-refractivity contribution in [3.63, 3.8) is 0 Å². The fraction of sp³-hybridized carbons (Fsp3) is 0.353. The molecule has 3 heteroatoms. The first-order valence-corrected chi connectivity index (χ1v) is 7.19. The van der Waals surface area contributed by atoms with Crippen LogP contribution in [0.25, 0.3) is 11.3 Å². The monoisotopic (exact) mass is 271 g/mol. The summed E-state index contributed by atoms with van der Waals surface area (Å²) in [7, 11) is 0. The molecule has 0 saturated carbocycles. The minimum Gasteiger partial charge on any atom is -0.461 e. The molecule has 0 fully saturated rings. The quantitative estimate of drug-likeness (QED) is 0.713. The van der Waals surface area contributed by atoms with E-state index in [4.69, 9.17) is 4.74 Å². The second-order valence-electron chi connectivity index (χ2n) is 4.53. The Labute approximate surface area is 120 Å². The number of carbonyl (C=O) groups excluding carboxylic acids is 1. The molecule has 1 aromatic heterocycles. The predicted octanol–water partition coefficient (Wildman–Crippen LogP) is 4.10. The van der Waals surface area contributed by atoms with Gasteiger partial charge in [-0.15, -0.1) is 0 Å². The number of benzene rings is 1. The third kappa shape index (κ3) is 2.24. The summed E-state index contributed by atoms with van der Waals surface area (Å²) in [5.74, 6) is -0.262. The molecule has 3 nitrogen and oxygen atoms in total. The Hall–Kier alpha value is -2.03. The Bertz CT molecular complexity index is 626. The second-order valence-corrected chi connectivity index (χ2v) is 4.53. The third-order valence-electron chi connectivity index (χ3n) is 3.51. The topological polar surface area (TPSA) is 42.1 Å². The number of aromatic amines is 1. The number of aromatic nitrogens is 1. The molecular weight excluding hydrogens is 250 g/mol. The molecule has 1 aliphatic rings. The van der Waals surface area contributed by atoms with Crippen LogP contribution in [0, 0.1) is 6.92 Å². The van der Waals surface area contributed by atoms with Crippen LogP contribution in [-0.4, -0.2) is 17.6 Å². The molecular formula is C17H21NO2. The van der Waals surface area contributed by atoms with Crippen LogP contribution in [0.15, 0.2) is 24.3 Å². The van der Waals surface area contributed by atoms with Gasteiger partial charge in [-0.05, 0) is 30.5 Å². The average Bonchev–Trinajstić information content (AvgIpc) is 2.99. The summed E-state index contributed by atoms with van der Waals surface area (Å²) in [5, 5.41) is 0. The van der Waals surface area contributed by atoms with Crippen LogP contribution in [0.1, 0.15) is 48.0 Å². The summed E-state index contributed by atoms with van der Waals surface area (Å²) in [6, 6.07) is 8.29. The number of ether oxygens (including phenoxy) is 1. The van der Waals surface area contributed by atoms with Gasteiger partial charge in [0.25, 0.3) is 0 Å². The molecule has 1 heterocycles. The SMILES string of the molecule is CC.CCOC(=O)c1[nH]c2c(c1C)Cc1ccccc1-2. The molecule has 3 rings (SSSR count). The van der Waals surface area contributed by atoms with E-state index in [0.29, 0.717) is 12.3 Å². The summed E-state index contributed by atoms with van der Waals surface area (Å²) in [6.45, 7) is 8.20. The number of fused-ring (bicyclic) bond motifs is 3. The van der Waals surface area contributed by atoms with E-state index >= 15 is 0 Å². The van der Waals surface area contributed by atoms with Crippen molar-refractivity contribution in [1.82, 2.24) is 4.98 Å². The largest absolute Gasteiger partial charge is 0.461 e. The zero-order valence-corrected chi connectivity index (χ0v) is 12.5. The van der Waals surface area contributed by atoms with Gasteiger partial charge in [0, 0.05) is 12.0 Å². The summed E-state index contributed by atoms with van der Waals surface area (Å²) >= 11 is 0. The maximum absolute atomic E-state index is 11.8. The zero-order chi connectivity index (χ0) is 14.7. The smallest absolute Gasteiger partial charge is 0.355 e. The lowest BCUT2D eigenvalue weighted by atomic mass is 10.1. The second kappa shape index (κ2) is 5.95. The van der Waals surface area contributed by atoms with E-state index in [2.05, 4.69) is 17.1 Å². The van der Waals surface area contributed by atoms with Crippen molar-refractivity contribution >= 4 is 5.97 Å². The lowest BCUT2D eigenvalue weighted by molar-refractivity contribution is 0.0519. The molecule has 0 unspecified atom stereocenters. The molecule has 1 aliphatic carbocycles. The Morgan fingerprint density at radius 2 is 2.00 bits per heavy atom. The summed E-state index contributed by atoms with van der Waals surface area (Å²) in [5.41, 5.74) is 6.42. The first kappa shape index (κ1) is 14.4. The van der Waals surface area contributed by atoms with Crippen molar-refractivity contribution in [2.45, 2.75) is 34.1 Å². The molecule has 20 heavy (non-hydrogen) atoms. The number of hydrogen-bond donors (Lipinski definition) is 1. The van der Waals surface area contributed by atoms with Crippen molar-refractivity contribution in [3.8, 4) is 11.3 Å². The lowest BCUT2D eigenvalue weighted by Crippen LogP contribution is -2.07. The van der Waals surface area contributed by atoms with Crippen LogP contribution in [0.5, 0.6) is 0 Å². The minimum absolute atomic E-state index is 0.262. The van der Waals surface area contributed by atoms with E-state index in [0.717, 1.165) is 17.7 Å². The number of carbonyl (C=O) groups is 1. The molecule has 1 N–H and O–H groups in total. The highest BCUT2D eigenvalue weighted by Gasteiger charge is 2.26. The van der Waals surface area contributed by atoms with Gasteiger partial charge in [-0.3, -0.25) is 0 Å². The van der Waals surface area contributed by atoms with Crippen molar-refractivity contribution in [2.75, 3.05) is 6.61 Å². The summed E-state index contributed by atoms with van der Waals surface area (Å²) in [4.78, 5) is 15.1. The van der Waals surface area contributed by atoms with Crippen molar-refractivity contribution in [3.05, 3.63) is 46.6 Å². The molecule has 2 aromatic rings. The van der Waals surface area contributed by atoms with Crippen molar-refractivity contribution < 1.29 is 9.53 Å². The Balaban J connectivity index is 0.000000704. The van der Waals surface area contributed by atoms with Gasteiger partial charge < -0.3 is 9.72 Å². The molecule has 1 aromatic carbocycles. The van der Waals surface area contributed by atoms with Gasteiger partial charge in [-0.1, -0.05) is 38.1 Å². The predicted molar refractivity (Wildman–Crippen MR) is 81.1 cm³/mol.